The van der Waals surface area contributed by atoms with E-state index in [1.54, 1.807) is 0 Å². The van der Waals surface area contributed by atoms with Crippen LogP contribution in [0.15, 0.2) is 59.5 Å². The third-order valence-corrected chi connectivity index (χ3v) is 7.60. The van der Waals surface area contributed by atoms with Crippen LogP contribution in [-0.4, -0.2) is 73.2 Å². The number of carbonyl (C=O) groups excluding carboxylic acids is 1. The number of nitrogen functional groups attached to an aromatic ring is 1. The van der Waals surface area contributed by atoms with Crippen molar-refractivity contribution in [1.82, 2.24) is 9.62 Å². The van der Waals surface area contributed by atoms with E-state index in [1.807, 2.05) is 44.2 Å². The molecule has 3 unspecified atom stereocenters. The Labute approximate surface area is 207 Å². The Morgan fingerprint density at radius 2 is 1.86 bits per heavy atom. The third kappa shape index (κ3) is 7.93. The number of alkyl carbamates (subject to hydrolysis) is 1. The molecule has 9 nitrogen and oxygen atoms in total. The smallest absolute Gasteiger partial charge is 0.408 e. The summed E-state index contributed by atoms with van der Waals surface area (Å²) in [4.78, 5) is 12.7. The van der Waals surface area contributed by atoms with Crippen molar-refractivity contribution in [3.8, 4) is 0 Å². The summed E-state index contributed by atoms with van der Waals surface area (Å²) >= 11 is 0. The lowest BCUT2D eigenvalue weighted by atomic mass is 10.0. The highest BCUT2D eigenvalue weighted by Crippen LogP contribution is 2.20. The molecule has 1 saturated heterocycles. The van der Waals surface area contributed by atoms with Gasteiger partial charge in [-0.2, -0.15) is 4.31 Å². The van der Waals surface area contributed by atoms with Gasteiger partial charge in [0.15, 0.2) is 12.7 Å². The van der Waals surface area contributed by atoms with Gasteiger partial charge in [-0.15, -0.1) is 0 Å². The molecule has 0 spiro atoms. The highest BCUT2D eigenvalue weighted by atomic mass is 32.2. The van der Waals surface area contributed by atoms with Crippen molar-refractivity contribution in [2.24, 2.45) is 5.92 Å². The quantitative estimate of drug-likeness (QED) is 0.315. The van der Waals surface area contributed by atoms with Gasteiger partial charge in [0.25, 0.3) is 0 Å². The summed E-state index contributed by atoms with van der Waals surface area (Å²) in [7, 11) is -3.90. The first-order chi connectivity index (χ1) is 16.6. The zero-order valence-electron chi connectivity index (χ0n) is 20.2. The Hall–Kier alpha value is -2.66. The summed E-state index contributed by atoms with van der Waals surface area (Å²) in [6.45, 7) is 4.93. The number of benzene rings is 2. The van der Waals surface area contributed by atoms with Crippen molar-refractivity contribution in [3.05, 3.63) is 60.2 Å². The van der Waals surface area contributed by atoms with Gasteiger partial charge in [0.2, 0.25) is 10.0 Å². The maximum absolute atomic E-state index is 13.4. The van der Waals surface area contributed by atoms with E-state index in [0.29, 0.717) is 31.7 Å². The van der Waals surface area contributed by atoms with Crippen molar-refractivity contribution in [1.29, 1.82) is 0 Å². The number of hydrogen-bond donors (Lipinski definition) is 3. The maximum atomic E-state index is 13.4. The van der Waals surface area contributed by atoms with Gasteiger partial charge in [-0.25, -0.2) is 13.2 Å². The van der Waals surface area contributed by atoms with Crippen LogP contribution in [0.25, 0.3) is 0 Å². The van der Waals surface area contributed by atoms with Crippen LogP contribution in [0.1, 0.15) is 25.8 Å². The zero-order chi connectivity index (χ0) is 25.4. The van der Waals surface area contributed by atoms with Crippen LogP contribution in [0.4, 0.5) is 10.5 Å². The Morgan fingerprint density at radius 1 is 1.17 bits per heavy atom. The van der Waals surface area contributed by atoms with E-state index in [-0.39, 0.29) is 30.0 Å². The number of sulfonamides is 1. The second kappa shape index (κ2) is 12.3. The second-order valence-corrected chi connectivity index (χ2v) is 11.2. The van der Waals surface area contributed by atoms with Gasteiger partial charge in [0, 0.05) is 18.8 Å². The van der Waals surface area contributed by atoms with E-state index in [1.165, 1.54) is 28.6 Å². The van der Waals surface area contributed by atoms with Crippen molar-refractivity contribution < 1.29 is 27.8 Å². The Balaban J connectivity index is 1.80. The fraction of sp³-hybridized carbons (Fsp3) is 0.480. The Bertz CT molecular complexity index is 1040. The minimum absolute atomic E-state index is 0.0161. The minimum atomic E-state index is -3.90. The van der Waals surface area contributed by atoms with Crippen LogP contribution in [0.2, 0.25) is 0 Å². The molecule has 3 rings (SSSR count). The molecule has 3 atom stereocenters. The number of aliphatic hydroxyl groups is 3. The zero-order valence-corrected chi connectivity index (χ0v) is 21.0. The molecule has 2 aromatic rings. The minimum Gasteiger partial charge on any atom is -0.438 e. The van der Waals surface area contributed by atoms with Crippen LogP contribution < -0.4 is 11.1 Å². The molecule has 10 heteroatoms. The van der Waals surface area contributed by atoms with E-state index in [9.17, 15) is 18.3 Å². The van der Waals surface area contributed by atoms with Crippen molar-refractivity contribution in [2.45, 2.75) is 49.8 Å². The first-order valence-electron chi connectivity index (χ1n) is 11.8. The average Bonchev–Trinajstić information content (AvgIpc) is 3.31. The lowest BCUT2D eigenvalue weighted by Gasteiger charge is -2.30. The molecule has 1 fully saturated rings. The highest BCUT2D eigenvalue weighted by molar-refractivity contribution is 7.89. The standard InChI is InChI=1S/C25H35N3O6S/c1-18(2)15-28(35(31,32)22-10-8-20(26)9-11-22)16-24(29)23(14-19-6-4-3-5-7-19)27-25(30)34-21-12-13-33-17-21/h3-11,18,21,23-24,29H,12-17,26H2,1-2H3,(H,27,30)/p+1. The number of nitrogens with two attached hydrogens (primary N) is 1. The number of hydrogen-bond acceptors (Lipinski definition) is 6. The van der Waals surface area contributed by atoms with Gasteiger partial charge >= 0.3 is 6.09 Å². The third-order valence-electron chi connectivity index (χ3n) is 5.76. The first-order valence-corrected chi connectivity index (χ1v) is 13.3. The van der Waals surface area contributed by atoms with Crippen LogP contribution in [0, 0.1) is 5.92 Å². The summed E-state index contributed by atoms with van der Waals surface area (Å²) in [5.41, 5.74) is 7.07. The SMILES string of the molecule is CC(C)CN(CC(O)C(Cc1ccccc1)NC(=O)OC1CC[OH+]C1)S(=O)(=O)c1ccc(N)cc1. The van der Waals surface area contributed by atoms with E-state index >= 15 is 0 Å². The number of carbonyl (C=O) groups is 1. The summed E-state index contributed by atoms with van der Waals surface area (Å²) in [6.07, 6.45) is -1.14. The Kier molecular flexibility index (Phi) is 9.50. The summed E-state index contributed by atoms with van der Waals surface area (Å²) < 4.78 is 37.7. The average molecular weight is 507 g/mol. The predicted octanol–water partition coefficient (Wildman–Crippen LogP) is 1.91. The van der Waals surface area contributed by atoms with Crippen molar-refractivity contribution in [2.75, 3.05) is 32.0 Å². The van der Waals surface area contributed by atoms with Gasteiger partial charge in [-0.1, -0.05) is 44.2 Å². The molecule has 2 aromatic carbocycles. The van der Waals surface area contributed by atoms with E-state index in [4.69, 9.17) is 10.5 Å². The van der Waals surface area contributed by atoms with Crippen LogP contribution in [-0.2, 0) is 21.2 Å². The first kappa shape index (κ1) is 26.9. The van der Waals surface area contributed by atoms with E-state index in [2.05, 4.69) is 10.1 Å². The molecular weight excluding hydrogens is 470 g/mol. The molecule has 0 radical (unpaired) electrons. The lowest BCUT2D eigenvalue weighted by Crippen LogP contribution is -2.51. The molecular formula is C25H36N3O6S+. The van der Waals surface area contributed by atoms with Crippen molar-refractivity contribution >= 4 is 21.8 Å². The number of nitrogens with one attached hydrogen (secondary N) is 1. The second-order valence-electron chi connectivity index (χ2n) is 9.24. The van der Waals surface area contributed by atoms with Crippen LogP contribution >= 0.6 is 0 Å². The molecule has 192 valence electrons. The molecule has 0 bridgehead atoms. The predicted molar refractivity (Wildman–Crippen MR) is 134 cm³/mol. The number of ether oxygens (including phenoxy) is 2. The molecule has 1 amide bonds. The molecule has 1 aliphatic rings. The molecule has 5 N–H and O–H groups in total. The summed E-state index contributed by atoms with van der Waals surface area (Å²) in [5.74, 6) is 0.0161. The largest absolute Gasteiger partial charge is 0.438 e. The van der Waals surface area contributed by atoms with Gasteiger partial charge in [0.05, 0.1) is 23.5 Å². The normalized spacial score (nSPS) is 17.9. The fourth-order valence-corrected chi connectivity index (χ4v) is 5.57. The number of anilines is 1. The van der Waals surface area contributed by atoms with Crippen LogP contribution in [0.5, 0.6) is 0 Å². The molecule has 0 aliphatic carbocycles. The Morgan fingerprint density at radius 3 is 2.46 bits per heavy atom. The number of rotatable bonds is 11. The molecule has 35 heavy (non-hydrogen) atoms. The molecule has 0 saturated carbocycles. The fourth-order valence-electron chi connectivity index (χ4n) is 3.95. The highest BCUT2D eigenvalue weighted by Gasteiger charge is 2.32. The molecule has 1 heterocycles. The lowest BCUT2D eigenvalue weighted by molar-refractivity contribution is -0.0167. The summed E-state index contributed by atoms with van der Waals surface area (Å²) in [5, 5.41) is 14.0. The summed E-state index contributed by atoms with van der Waals surface area (Å²) in [6, 6.07) is 14.6. The van der Waals surface area contributed by atoms with Gasteiger partial charge in [-0.3, -0.25) is 0 Å². The van der Waals surface area contributed by atoms with E-state index < -0.39 is 28.3 Å². The number of amides is 1. The maximum Gasteiger partial charge on any atom is 0.408 e. The number of nitrogens with zero attached hydrogens (tertiary/aromatic N) is 1. The van der Waals surface area contributed by atoms with Crippen LogP contribution in [0.3, 0.4) is 0 Å². The topological polar surface area (TPSA) is 135 Å². The van der Waals surface area contributed by atoms with Crippen molar-refractivity contribution in [3.63, 3.8) is 0 Å². The van der Waals surface area contributed by atoms with Gasteiger partial charge in [-0.05, 0) is 42.2 Å². The van der Waals surface area contributed by atoms with Gasteiger partial charge < -0.3 is 25.6 Å². The number of aliphatic hydroxyl groups excluding tert-OH is 1. The van der Waals surface area contributed by atoms with E-state index in [0.717, 1.165) is 5.56 Å². The van der Waals surface area contributed by atoms with Gasteiger partial charge in [0.1, 0.15) is 6.61 Å². The molecule has 0 aromatic heterocycles. The monoisotopic (exact) mass is 506 g/mol. The molecule has 1 aliphatic heterocycles.